The molecule has 0 aromatic heterocycles. The van der Waals surface area contributed by atoms with E-state index in [0.29, 0.717) is 13.2 Å². The maximum atomic E-state index is 5.87. The summed E-state index contributed by atoms with van der Waals surface area (Å²) in [7, 11) is -3.76. The zero-order valence-electron chi connectivity index (χ0n) is 10.8. The lowest BCUT2D eigenvalue weighted by atomic mass is 10.5. The average Bonchev–Trinajstić information content (AvgIpc) is 3.09. The van der Waals surface area contributed by atoms with Crippen molar-refractivity contribution >= 4 is 37.9 Å². The lowest BCUT2D eigenvalue weighted by molar-refractivity contribution is 0.0890. The SMILES string of the molecule is CCCOCC1([Si]2(C)O[Si]O[Si](C)O[Si]O2)CO1. The van der Waals surface area contributed by atoms with E-state index in [1.54, 1.807) is 0 Å². The van der Waals surface area contributed by atoms with Gasteiger partial charge in [-0.05, 0) is 19.5 Å². The summed E-state index contributed by atoms with van der Waals surface area (Å²) in [6, 6.07) is 0. The van der Waals surface area contributed by atoms with E-state index in [2.05, 4.69) is 6.92 Å². The van der Waals surface area contributed by atoms with Crippen LogP contribution >= 0.6 is 0 Å². The third kappa shape index (κ3) is 3.39. The van der Waals surface area contributed by atoms with Crippen molar-refractivity contribution in [1.29, 1.82) is 0 Å². The zero-order valence-corrected chi connectivity index (χ0v) is 14.8. The van der Waals surface area contributed by atoms with E-state index in [0.717, 1.165) is 13.0 Å². The van der Waals surface area contributed by atoms with Crippen molar-refractivity contribution < 1.29 is 25.9 Å². The third-order valence-corrected chi connectivity index (χ3v) is 11.7. The fourth-order valence-corrected chi connectivity index (χ4v) is 8.32. The Morgan fingerprint density at radius 1 is 1.33 bits per heavy atom. The molecular weight excluding hydrogens is 304 g/mol. The molecule has 10 heteroatoms. The molecule has 0 aliphatic carbocycles. The molecule has 0 bridgehead atoms. The van der Waals surface area contributed by atoms with Gasteiger partial charge in [-0.25, -0.2) is 0 Å². The molecule has 2 heterocycles. The smallest absolute Gasteiger partial charge is 0.413 e. The molecule has 101 valence electrons. The van der Waals surface area contributed by atoms with Crippen LogP contribution in [0.25, 0.3) is 0 Å². The highest BCUT2D eigenvalue weighted by molar-refractivity contribution is 6.78. The molecule has 0 aromatic carbocycles. The summed E-state index contributed by atoms with van der Waals surface area (Å²) >= 11 is 0. The Morgan fingerprint density at radius 3 is 2.44 bits per heavy atom. The molecule has 2 rings (SSSR count). The summed E-state index contributed by atoms with van der Waals surface area (Å²) < 4.78 is 33.9. The Labute approximate surface area is 115 Å². The lowest BCUT2D eigenvalue weighted by Gasteiger charge is -2.33. The van der Waals surface area contributed by atoms with Gasteiger partial charge in [0, 0.05) is 6.61 Å². The van der Waals surface area contributed by atoms with Crippen LogP contribution in [0.3, 0.4) is 0 Å². The van der Waals surface area contributed by atoms with Gasteiger partial charge in [-0.3, -0.25) is 0 Å². The van der Waals surface area contributed by atoms with Crippen LogP contribution in [0.4, 0.5) is 0 Å². The van der Waals surface area contributed by atoms with Crippen LogP contribution in [-0.2, 0) is 25.9 Å². The largest absolute Gasteiger partial charge is 0.413 e. The first-order valence-electron chi connectivity index (χ1n) is 5.87. The minimum absolute atomic E-state index is 0.0332. The molecule has 6 nitrogen and oxygen atoms in total. The highest BCUT2D eigenvalue weighted by Gasteiger charge is 2.65. The van der Waals surface area contributed by atoms with Crippen LogP contribution in [0.1, 0.15) is 13.3 Å². The average molecular weight is 322 g/mol. The Morgan fingerprint density at radius 2 is 1.94 bits per heavy atom. The monoisotopic (exact) mass is 321 g/mol. The van der Waals surface area contributed by atoms with Gasteiger partial charge >= 0.3 is 37.9 Å². The van der Waals surface area contributed by atoms with E-state index in [-0.39, 0.29) is 25.2 Å². The quantitative estimate of drug-likeness (QED) is 0.405. The van der Waals surface area contributed by atoms with Crippen molar-refractivity contribution in [2.75, 3.05) is 19.8 Å². The van der Waals surface area contributed by atoms with Crippen LogP contribution in [0.15, 0.2) is 0 Å². The van der Waals surface area contributed by atoms with Gasteiger partial charge in [-0.1, -0.05) is 6.92 Å². The summed E-state index contributed by atoms with van der Waals surface area (Å²) in [5, 5.41) is -0.382. The Hall–Kier alpha value is 0.628. The zero-order chi connectivity index (χ0) is 13.1. The molecule has 5 radical (unpaired) electrons. The van der Waals surface area contributed by atoms with Crippen molar-refractivity contribution in [2.45, 2.75) is 31.7 Å². The summed E-state index contributed by atoms with van der Waals surface area (Å²) in [5.74, 6) is 0. The second kappa shape index (κ2) is 6.39. The first-order valence-corrected chi connectivity index (χ1v) is 11.6. The fraction of sp³-hybridized carbons (Fsp3) is 1.00. The predicted molar refractivity (Wildman–Crippen MR) is 68.9 cm³/mol. The number of ether oxygens (including phenoxy) is 2. The van der Waals surface area contributed by atoms with E-state index in [9.17, 15) is 0 Å². The van der Waals surface area contributed by atoms with Gasteiger partial charge in [-0.15, -0.1) is 0 Å². The van der Waals surface area contributed by atoms with E-state index >= 15 is 0 Å². The lowest BCUT2D eigenvalue weighted by Crippen LogP contribution is -2.59. The molecule has 2 aliphatic rings. The highest BCUT2D eigenvalue weighted by Crippen LogP contribution is 2.39. The predicted octanol–water partition coefficient (Wildman–Crippen LogP) is 0.0596. The van der Waals surface area contributed by atoms with Gasteiger partial charge in [0.15, 0.2) is 5.22 Å². The molecular formula is C8H17O6Si4. The second-order valence-electron chi connectivity index (χ2n) is 4.35. The molecule has 0 saturated carbocycles. The van der Waals surface area contributed by atoms with Crippen molar-refractivity contribution in [3.63, 3.8) is 0 Å². The second-order valence-corrected chi connectivity index (χ2v) is 11.7. The van der Waals surface area contributed by atoms with Crippen LogP contribution < -0.4 is 0 Å². The molecule has 0 N–H and O–H groups in total. The maximum Gasteiger partial charge on any atom is 0.413 e. The van der Waals surface area contributed by atoms with Gasteiger partial charge in [0.25, 0.3) is 0 Å². The van der Waals surface area contributed by atoms with Crippen LogP contribution in [0.5, 0.6) is 0 Å². The van der Waals surface area contributed by atoms with E-state index in [1.165, 1.54) is 0 Å². The fourth-order valence-electron chi connectivity index (χ4n) is 1.49. The number of rotatable bonds is 5. The summed E-state index contributed by atoms with van der Waals surface area (Å²) in [5.41, 5.74) is 0. The number of hydrogen-bond donors (Lipinski definition) is 0. The van der Waals surface area contributed by atoms with Gasteiger partial charge in [0.05, 0.1) is 13.2 Å². The van der Waals surface area contributed by atoms with E-state index in [1.807, 2.05) is 13.1 Å². The molecule has 18 heavy (non-hydrogen) atoms. The normalized spacial score (nSPS) is 32.8. The topological polar surface area (TPSA) is 58.7 Å². The summed E-state index contributed by atoms with van der Waals surface area (Å²) in [6.45, 7) is 7.90. The standard InChI is InChI=1S/C8H17O6Si4/c1-4-5-9-6-8(7-10-8)18(3)13-15-11-17(2)12-16-14-18/h4-7H2,1-3H3. The molecule has 1 unspecified atom stereocenters. The molecule has 0 aromatic rings. The van der Waals surface area contributed by atoms with Crippen LogP contribution in [-0.4, -0.2) is 62.9 Å². The minimum Gasteiger partial charge on any atom is -0.413 e. The van der Waals surface area contributed by atoms with E-state index in [4.69, 9.17) is 25.9 Å². The number of epoxide rings is 1. The Kier molecular flexibility index (Phi) is 5.33. The van der Waals surface area contributed by atoms with Gasteiger partial charge < -0.3 is 25.9 Å². The summed E-state index contributed by atoms with van der Waals surface area (Å²) in [6.07, 6.45) is 0.993. The van der Waals surface area contributed by atoms with Crippen molar-refractivity contribution in [2.24, 2.45) is 0 Å². The molecule has 1 atom stereocenters. The van der Waals surface area contributed by atoms with Crippen LogP contribution in [0.2, 0.25) is 13.1 Å². The highest BCUT2D eigenvalue weighted by atomic mass is 28.5. The van der Waals surface area contributed by atoms with Gasteiger partial charge in [0.1, 0.15) is 0 Å². The summed E-state index contributed by atoms with van der Waals surface area (Å²) in [4.78, 5) is 0. The van der Waals surface area contributed by atoms with Gasteiger partial charge in [0.2, 0.25) is 0 Å². The molecule has 0 amide bonds. The van der Waals surface area contributed by atoms with E-state index < -0.39 is 17.8 Å². The van der Waals surface area contributed by atoms with Gasteiger partial charge in [-0.2, -0.15) is 0 Å². The number of hydrogen-bond acceptors (Lipinski definition) is 6. The Bertz CT molecular complexity index is 266. The molecule has 2 fully saturated rings. The molecule has 0 spiro atoms. The van der Waals surface area contributed by atoms with Crippen molar-refractivity contribution in [3.05, 3.63) is 0 Å². The maximum absolute atomic E-state index is 5.87. The van der Waals surface area contributed by atoms with Crippen molar-refractivity contribution in [1.82, 2.24) is 0 Å². The van der Waals surface area contributed by atoms with Crippen LogP contribution in [0, 0.1) is 0 Å². The minimum atomic E-state index is -2.47. The third-order valence-electron chi connectivity index (χ3n) is 2.85. The molecule has 2 aliphatic heterocycles. The van der Waals surface area contributed by atoms with Crippen molar-refractivity contribution in [3.8, 4) is 0 Å². The first-order chi connectivity index (χ1) is 8.62. The first kappa shape index (κ1) is 15.0. The Balaban J connectivity index is 1.92. The molecule has 2 saturated heterocycles.